The zero-order valence-electron chi connectivity index (χ0n) is 15.8. The van der Waals surface area contributed by atoms with Crippen LogP contribution in [-0.4, -0.2) is 48.5 Å². The summed E-state index contributed by atoms with van der Waals surface area (Å²) in [4.78, 5) is 8.51. The van der Waals surface area contributed by atoms with E-state index in [9.17, 15) is 0 Å². The molecule has 0 amide bonds. The van der Waals surface area contributed by atoms with Gasteiger partial charge in [0.25, 0.3) is 0 Å². The number of ether oxygens (including phenoxy) is 1. The third kappa shape index (κ3) is 3.32. The van der Waals surface area contributed by atoms with Gasteiger partial charge >= 0.3 is 0 Å². The Bertz CT molecular complexity index is 991. The third-order valence-corrected chi connectivity index (χ3v) is 5.04. The van der Waals surface area contributed by atoms with Gasteiger partial charge in [0, 0.05) is 25.7 Å². The van der Waals surface area contributed by atoms with Crippen LogP contribution in [0, 0.1) is 11.3 Å². The number of anilines is 2. The van der Waals surface area contributed by atoms with Gasteiger partial charge in [-0.05, 0) is 36.4 Å². The summed E-state index contributed by atoms with van der Waals surface area (Å²) in [6.45, 7) is 1.72. The van der Waals surface area contributed by atoms with Gasteiger partial charge in [-0.2, -0.15) is 5.26 Å². The molecule has 0 unspecified atom stereocenters. The minimum absolute atomic E-state index is 0.366. The summed E-state index contributed by atoms with van der Waals surface area (Å²) in [7, 11) is 3.70. The number of nitriles is 1. The highest BCUT2D eigenvalue weighted by Crippen LogP contribution is 2.29. The average Bonchev–Trinajstić information content (AvgIpc) is 2.73. The monoisotopic (exact) mass is 372 g/mol. The van der Waals surface area contributed by atoms with E-state index in [4.69, 9.17) is 10.00 Å². The van der Waals surface area contributed by atoms with E-state index in [-0.39, 0.29) is 0 Å². The fraction of sp³-hybridized carbons (Fsp3) is 0.238. The lowest BCUT2D eigenvalue weighted by atomic mass is 10.1. The van der Waals surface area contributed by atoms with Crippen molar-refractivity contribution in [2.45, 2.75) is 6.04 Å². The molecule has 1 fully saturated rings. The molecular formula is C21H20N6O. The average molecular weight is 372 g/mol. The molecule has 28 heavy (non-hydrogen) atoms. The van der Waals surface area contributed by atoms with E-state index >= 15 is 0 Å². The molecule has 1 saturated heterocycles. The van der Waals surface area contributed by atoms with Crippen molar-refractivity contribution in [1.82, 2.24) is 15.2 Å². The van der Waals surface area contributed by atoms with Crippen molar-refractivity contribution < 1.29 is 4.74 Å². The summed E-state index contributed by atoms with van der Waals surface area (Å²) in [6, 6.07) is 17.8. The Hall–Kier alpha value is -3.66. The number of benzene rings is 1. The van der Waals surface area contributed by atoms with Crippen LogP contribution in [0.4, 0.5) is 11.5 Å². The predicted molar refractivity (Wildman–Crippen MR) is 107 cm³/mol. The van der Waals surface area contributed by atoms with E-state index < -0.39 is 0 Å². The molecular weight excluding hydrogens is 352 g/mol. The summed E-state index contributed by atoms with van der Waals surface area (Å²) >= 11 is 0. The molecule has 0 spiro atoms. The smallest absolute Gasteiger partial charge is 0.151 e. The van der Waals surface area contributed by atoms with Gasteiger partial charge in [0.2, 0.25) is 0 Å². The minimum Gasteiger partial charge on any atom is -0.496 e. The fourth-order valence-electron chi connectivity index (χ4n) is 3.25. The highest BCUT2D eigenvalue weighted by Gasteiger charge is 2.31. The molecule has 4 rings (SSSR count). The molecule has 0 atom stereocenters. The van der Waals surface area contributed by atoms with Crippen LogP contribution in [0.3, 0.4) is 0 Å². The van der Waals surface area contributed by atoms with Crippen LogP contribution in [0.15, 0.2) is 54.7 Å². The van der Waals surface area contributed by atoms with Gasteiger partial charge in [0.1, 0.15) is 17.5 Å². The van der Waals surface area contributed by atoms with Crippen LogP contribution >= 0.6 is 0 Å². The maximum Gasteiger partial charge on any atom is 0.151 e. The Balaban J connectivity index is 1.41. The first-order chi connectivity index (χ1) is 13.7. The van der Waals surface area contributed by atoms with Crippen LogP contribution in [0.2, 0.25) is 0 Å². The Labute approximate surface area is 163 Å². The summed E-state index contributed by atoms with van der Waals surface area (Å²) in [5, 5.41) is 17.6. The van der Waals surface area contributed by atoms with E-state index in [2.05, 4.69) is 25.0 Å². The summed E-state index contributed by atoms with van der Waals surface area (Å²) in [5.74, 6) is 1.65. The van der Waals surface area contributed by atoms with Crippen LogP contribution in [-0.2, 0) is 0 Å². The van der Waals surface area contributed by atoms with Gasteiger partial charge in [0.15, 0.2) is 5.82 Å². The van der Waals surface area contributed by atoms with Crippen molar-refractivity contribution >= 4 is 11.5 Å². The SMILES string of the molecule is COc1ccccc1-c1ccc(N2CC(N(C)c3ccc(C#N)nc3)C2)nn1. The van der Waals surface area contributed by atoms with Crippen LogP contribution in [0.1, 0.15) is 5.69 Å². The van der Waals surface area contributed by atoms with Crippen molar-refractivity contribution in [3.05, 3.63) is 60.4 Å². The van der Waals surface area contributed by atoms with E-state index in [0.717, 1.165) is 41.6 Å². The maximum absolute atomic E-state index is 8.86. The number of hydrogen-bond acceptors (Lipinski definition) is 7. The molecule has 7 heteroatoms. The summed E-state index contributed by atoms with van der Waals surface area (Å²) in [5.41, 5.74) is 3.15. The number of aromatic nitrogens is 3. The van der Waals surface area contributed by atoms with E-state index in [1.54, 1.807) is 19.4 Å². The van der Waals surface area contributed by atoms with Crippen molar-refractivity contribution in [3.8, 4) is 23.1 Å². The van der Waals surface area contributed by atoms with Crippen molar-refractivity contribution in [2.75, 3.05) is 37.0 Å². The third-order valence-electron chi connectivity index (χ3n) is 5.04. The molecule has 140 valence electrons. The number of para-hydroxylation sites is 1. The minimum atomic E-state index is 0.366. The molecule has 1 aliphatic heterocycles. The Morgan fingerprint density at radius 1 is 1.11 bits per heavy atom. The van der Waals surface area contributed by atoms with E-state index in [0.29, 0.717) is 11.7 Å². The molecule has 0 bridgehead atoms. The Morgan fingerprint density at radius 3 is 2.57 bits per heavy atom. The number of pyridine rings is 1. The van der Waals surface area contributed by atoms with Gasteiger partial charge < -0.3 is 14.5 Å². The van der Waals surface area contributed by atoms with Crippen LogP contribution in [0.5, 0.6) is 5.75 Å². The molecule has 1 aromatic carbocycles. The number of hydrogen-bond donors (Lipinski definition) is 0. The quantitative estimate of drug-likeness (QED) is 0.681. The molecule has 0 radical (unpaired) electrons. The highest BCUT2D eigenvalue weighted by molar-refractivity contribution is 5.67. The highest BCUT2D eigenvalue weighted by atomic mass is 16.5. The van der Waals surface area contributed by atoms with Gasteiger partial charge in [-0.1, -0.05) is 12.1 Å². The second-order valence-corrected chi connectivity index (χ2v) is 6.66. The van der Waals surface area contributed by atoms with Crippen molar-refractivity contribution in [1.29, 1.82) is 5.26 Å². The fourth-order valence-corrected chi connectivity index (χ4v) is 3.25. The standard InChI is InChI=1S/C21H20N6O/c1-26(16-8-7-15(11-22)23-12-16)17-13-27(14-17)21-10-9-19(24-25-21)18-5-3-4-6-20(18)28-2/h3-10,12,17H,13-14H2,1-2H3. The van der Waals surface area contributed by atoms with Gasteiger partial charge in [-0.25, -0.2) is 4.98 Å². The Morgan fingerprint density at radius 2 is 1.93 bits per heavy atom. The second kappa shape index (κ2) is 7.53. The molecule has 0 aliphatic carbocycles. The van der Waals surface area contributed by atoms with Crippen molar-refractivity contribution in [2.24, 2.45) is 0 Å². The largest absolute Gasteiger partial charge is 0.496 e. The number of rotatable bonds is 5. The first-order valence-electron chi connectivity index (χ1n) is 9.00. The van der Waals surface area contributed by atoms with Crippen LogP contribution in [0.25, 0.3) is 11.3 Å². The van der Waals surface area contributed by atoms with Gasteiger partial charge in [-0.15, -0.1) is 10.2 Å². The number of methoxy groups -OCH3 is 1. The normalized spacial score (nSPS) is 13.5. The Kier molecular flexibility index (Phi) is 4.77. The maximum atomic E-state index is 8.86. The lowest BCUT2D eigenvalue weighted by Gasteiger charge is -2.45. The number of likely N-dealkylation sites (N-methyl/N-ethyl adjacent to an activating group) is 1. The molecule has 7 nitrogen and oxygen atoms in total. The van der Waals surface area contributed by atoms with E-state index in [1.807, 2.05) is 55.6 Å². The summed E-state index contributed by atoms with van der Waals surface area (Å²) < 4.78 is 5.40. The first-order valence-corrected chi connectivity index (χ1v) is 9.00. The topological polar surface area (TPSA) is 78.2 Å². The zero-order valence-corrected chi connectivity index (χ0v) is 15.8. The van der Waals surface area contributed by atoms with Crippen LogP contribution < -0.4 is 14.5 Å². The molecule has 2 aromatic heterocycles. The predicted octanol–water partition coefficient (Wildman–Crippen LogP) is 2.74. The molecule has 3 heterocycles. The molecule has 1 aliphatic rings. The number of nitrogens with zero attached hydrogens (tertiary/aromatic N) is 6. The zero-order chi connectivity index (χ0) is 19.5. The first kappa shape index (κ1) is 17.7. The lowest BCUT2D eigenvalue weighted by molar-refractivity contribution is 0.416. The summed E-state index contributed by atoms with van der Waals surface area (Å²) in [6.07, 6.45) is 1.74. The molecule has 0 N–H and O–H groups in total. The molecule has 0 saturated carbocycles. The van der Waals surface area contributed by atoms with Gasteiger partial charge in [0.05, 0.1) is 30.7 Å². The van der Waals surface area contributed by atoms with Crippen molar-refractivity contribution in [3.63, 3.8) is 0 Å². The lowest BCUT2D eigenvalue weighted by Crippen LogP contribution is -2.59. The van der Waals surface area contributed by atoms with E-state index in [1.165, 1.54) is 0 Å². The van der Waals surface area contributed by atoms with Gasteiger partial charge in [-0.3, -0.25) is 0 Å². The molecule has 3 aromatic rings. The second-order valence-electron chi connectivity index (χ2n) is 6.66.